The lowest BCUT2D eigenvalue weighted by Crippen LogP contribution is -3.14. The fraction of sp³-hybridized carbons (Fsp3) is 0.500. The predicted molar refractivity (Wildman–Crippen MR) is 105 cm³/mol. The highest BCUT2D eigenvalue weighted by atomic mass is 35.5. The minimum absolute atomic E-state index is 0.0395. The Morgan fingerprint density at radius 2 is 2.21 bits per heavy atom. The zero-order valence-electron chi connectivity index (χ0n) is 16.3. The van der Waals surface area contributed by atoms with Crippen LogP contribution in [0, 0.1) is 0 Å². The number of fused-ring (bicyclic) bond motifs is 1. The maximum absolute atomic E-state index is 13.4. The van der Waals surface area contributed by atoms with E-state index in [1.54, 1.807) is 34.0 Å². The maximum atomic E-state index is 13.4. The van der Waals surface area contributed by atoms with Gasteiger partial charge in [-0.15, -0.1) is 0 Å². The van der Waals surface area contributed by atoms with Crippen molar-refractivity contribution in [2.24, 2.45) is 7.05 Å². The molecule has 1 fully saturated rings. The smallest absolute Gasteiger partial charge is 0.254 e. The molecule has 2 atom stereocenters. The summed E-state index contributed by atoms with van der Waals surface area (Å²) < 4.78 is 12.5. The van der Waals surface area contributed by atoms with Crippen LogP contribution in [0.2, 0.25) is 5.02 Å². The number of ether oxygens (including phenoxy) is 2. The maximum Gasteiger partial charge on any atom is 0.254 e. The fourth-order valence-electron chi connectivity index (χ4n) is 4.16. The Morgan fingerprint density at radius 3 is 2.96 bits per heavy atom. The molecule has 1 aromatic carbocycles. The van der Waals surface area contributed by atoms with Gasteiger partial charge in [-0.25, -0.2) is 0 Å². The molecule has 0 radical (unpaired) electrons. The van der Waals surface area contributed by atoms with Crippen molar-refractivity contribution in [3.05, 3.63) is 40.7 Å². The van der Waals surface area contributed by atoms with Gasteiger partial charge in [-0.3, -0.25) is 9.48 Å². The van der Waals surface area contributed by atoms with E-state index in [2.05, 4.69) is 12.0 Å². The van der Waals surface area contributed by atoms with E-state index in [-0.39, 0.29) is 12.7 Å². The van der Waals surface area contributed by atoms with Crippen LogP contribution >= 0.6 is 11.6 Å². The van der Waals surface area contributed by atoms with Crippen LogP contribution in [0.15, 0.2) is 24.4 Å². The molecule has 7 nitrogen and oxygen atoms in total. The van der Waals surface area contributed by atoms with Crippen LogP contribution in [-0.4, -0.2) is 53.1 Å². The van der Waals surface area contributed by atoms with Gasteiger partial charge < -0.3 is 19.3 Å². The molecule has 28 heavy (non-hydrogen) atoms. The van der Waals surface area contributed by atoms with Crippen molar-refractivity contribution < 1.29 is 19.2 Å². The van der Waals surface area contributed by atoms with Crippen LogP contribution < -0.4 is 14.4 Å². The molecule has 2 aliphatic rings. The fourth-order valence-corrected chi connectivity index (χ4v) is 4.40. The lowest BCUT2D eigenvalue weighted by atomic mass is 10.1. The monoisotopic (exact) mass is 405 g/mol. The lowest BCUT2D eigenvalue weighted by molar-refractivity contribution is -0.909. The Morgan fingerprint density at radius 1 is 1.39 bits per heavy atom. The van der Waals surface area contributed by atoms with Crippen molar-refractivity contribution in [1.82, 2.24) is 14.7 Å². The van der Waals surface area contributed by atoms with Crippen LogP contribution in [0.1, 0.15) is 35.8 Å². The van der Waals surface area contributed by atoms with Crippen molar-refractivity contribution in [3.8, 4) is 11.5 Å². The Balaban J connectivity index is 1.59. The van der Waals surface area contributed by atoms with Gasteiger partial charge in [-0.2, -0.15) is 5.10 Å². The molecule has 4 rings (SSSR count). The molecule has 2 aliphatic heterocycles. The number of nitrogens with zero attached hydrogens (tertiary/aromatic N) is 3. The summed E-state index contributed by atoms with van der Waals surface area (Å²) in [6.07, 6.45) is 4.09. The molecule has 2 aromatic rings. The first-order valence-corrected chi connectivity index (χ1v) is 10.1. The van der Waals surface area contributed by atoms with Gasteiger partial charge in [0.1, 0.15) is 11.7 Å². The Kier molecular flexibility index (Phi) is 5.46. The first kappa shape index (κ1) is 19.1. The molecule has 1 amide bonds. The first-order chi connectivity index (χ1) is 13.5. The quantitative estimate of drug-likeness (QED) is 0.791. The van der Waals surface area contributed by atoms with E-state index in [1.165, 1.54) is 6.42 Å². The van der Waals surface area contributed by atoms with E-state index in [9.17, 15) is 4.79 Å². The Bertz CT molecular complexity index is 869. The number of likely N-dealkylation sites (tertiary alicyclic amines) is 1. The van der Waals surface area contributed by atoms with Crippen molar-refractivity contribution in [3.63, 3.8) is 0 Å². The zero-order valence-corrected chi connectivity index (χ0v) is 17.0. The molecule has 1 unspecified atom stereocenters. The summed E-state index contributed by atoms with van der Waals surface area (Å²) >= 11 is 6.33. The second-order valence-electron chi connectivity index (χ2n) is 7.45. The number of aromatic nitrogens is 2. The molecule has 1 N–H and O–H groups in total. The number of amides is 1. The standard InChI is InChI=1S/C20H25ClN4O3/c1-3-24-8-4-5-15(24)10-25(12-17-16(21)11-23(2)22-17)20(26)14-6-7-18-19(9-14)28-13-27-18/h6-7,9,11,15H,3-5,8,10,12-13H2,1-2H3/p+1/t15-/m0/s1. The second kappa shape index (κ2) is 8.01. The third kappa shape index (κ3) is 3.82. The summed E-state index contributed by atoms with van der Waals surface area (Å²) in [4.78, 5) is 16.8. The number of hydrogen-bond donors (Lipinski definition) is 1. The SMILES string of the molecule is CC[NH+]1CCC[C@H]1CN(Cc1nn(C)cc1Cl)C(=O)c1ccc2c(c1)OCO2. The first-order valence-electron chi connectivity index (χ1n) is 9.76. The molecule has 150 valence electrons. The average molecular weight is 406 g/mol. The number of aryl methyl sites for hydroxylation is 1. The molecule has 0 spiro atoms. The summed E-state index contributed by atoms with van der Waals surface area (Å²) in [5.41, 5.74) is 1.31. The van der Waals surface area contributed by atoms with Gasteiger partial charge in [0.2, 0.25) is 6.79 Å². The number of benzene rings is 1. The molecular formula is C20H26ClN4O3+. The summed E-state index contributed by atoms with van der Waals surface area (Å²) in [5, 5.41) is 5.02. The normalized spacial score (nSPS) is 20.5. The van der Waals surface area contributed by atoms with Gasteiger partial charge in [-0.05, 0) is 25.1 Å². The van der Waals surface area contributed by atoms with E-state index < -0.39 is 0 Å². The topological polar surface area (TPSA) is 61.0 Å². The van der Waals surface area contributed by atoms with Crippen LogP contribution in [0.4, 0.5) is 0 Å². The summed E-state index contributed by atoms with van der Waals surface area (Å²) in [7, 11) is 1.83. The van der Waals surface area contributed by atoms with Gasteiger partial charge in [0, 0.05) is 31.6 Å². The Labute approximate surface area is 169 Å². The molecule has 0 aliphatic carbocycles. The van der Waals surface area contributed by atoms with Crippen molar-refractivity contribution >= 4 is 17.5 Å². The predicted octanol–water partition coefficient (Wildman–Crippen LogP) is 1.51. The van der Waals surface area contributed by atoms with Gasteiger partial charge in [0.05, 0.1) is 31.2 Å². The number of carbonyl (C=O) groups is 1. The number of nitrogens with one attached hydrogen (secondary N) is 1. The molecule has 3 heterocycles. The van der Waals surface area contributed by atoms with Gasteiger partial charge in [0.15, 0.2) is 11.5 Å². The van der Waals surface area contributed by atoms with E-state index in [0.29, 0.717) is 46.9 Å². The summed E-state index contributed by atoms with van der Waals surface area (Å²) in [6, 6.07) is 5.78. The molecule has 0 saturated carbocycles. The number of likely N-dealkylation sites (N-methyl/N-ethyl adjacent to an activating group) is 1. The number of hydrogen-bond acceptors (Lipinski definition) is 4. The van der Waals surface area contributed by atoms with Gasteiger partial charge >= 0.3 is 0 Å². The van der Waals surface area contributed by atoms with Gasteiger partial charge in [-0.1, -0.05) is 11.6 Å². The number of carbonyl (C=O) groups excluding carboxylic acids is 1. The number of quaternary nitrogens is 1. The van der Waals surface area contributed by atoms with Crippen molar-refractivity contribution in [2.75, 3.05) is 26.4 Å². The minimum atomic E-state index is -0.0395. The minimum Gasteiger partial charge on any atom is -0.454 e. The highest BCUT2D eigenvalue weighted by Gasteiger charge is 2.32. The highest BCUT2D eigenvalue weighted by Crippen LogP contribution is 2.33. The van der Waals surface area contributed by atoms with Crippen molar-refractivity contribution in [2.45, 2.75) is 32.4 Å². The van der Waals surface area contributed by atoms with Crippen LogP contribution in [0.5, 0.6) is 11.5 Å². The van der Waals surface area contributed by atoms with E-state index in [0.717, 1.165) is 19.5 Å². The average Bonchev–Trinajstić information content (AvgIpc) is 3.40. The lowest BCUT2D eigenvalue weighted by Gasteiger charge is -2.28. The van der Waals surface area contributed by atoms with Crippen molar-refractivity contribution in [1.29, 1.82) is 0 Å². The molecular weight excluding hydrogens is 380 g/mol. The van der Waals surface area contributed by atoms with E-state index in [4.69, 9.17) is 21.1 Å². The highest BCUT2D eigenvalue weighted by molar-refractivity contribution is 6.31. The molecule has 8 heteroatoms. The second-order valence-corrected chi connectivity index (χ2v) is 7.86. The van der Waals surface area contributed by atoms with E-state index >= 15 is 0 Å². The number of halogens is 1. The molecule has 1 saturated heterocycles. The molecule has 0 bridgehead atoms. The molecule has 1 aromatic heterocycles. The van der Waals surface area contributed by atoms with Crippen LogP contribution in [0.3, 0.4) is 0 Å². The third-order valence-electron chi connectivity index (χ3n) is 5.62. The Hall–Kier alpha value is -2.25. The summed E-state index contributed by atoms with van der Waals surface area (Å²) in [6.45, 7) is 5.70. The largest absolute Gasteiger partial charge is 0.454 e. The van der Waals surface area contributed by atoms with Crippen LogP contribution in [-0.2, 0) is 13.6 Å². The van der Waals surface area contributed by atoms with Gasteiger partial charge in [0.25, 0.3) is 5.91 Å². The zero-order chi connectivity index (χ0) is 19.7. The third-order valence-corrected chi connectivity index (χ3v) is 5.94. The number of rotatable bonds is 6. The van der Waals surface area contributed by atoms with E-state index in [1.807, 2.05) is 11.9 Å². The van der Waals surface area contributed by atoms with Crippen LogP contribution in [0.25, 0.3) is 0 Å². The summed E-state index contributed by atoms with van der Waals surface area (Å²) in [5.74, 6) is 1.25.